The van der Waals surface area contributed by atoms with Crippen LogP contribution >= 0.6 is 11.8 Å². The van der Waals surface area contributed by atoms with E-state index in [2.05, 4.69) is 11.4 Å². The molecule has 5 nitrogen and oxygen atoms in total. The number of Topliss-reactive ketones (excluding diaryl/α,β-unsaturated/α-hetero) is 1. The fourth-order valence-corrected chi connectivity index (χ4v) is 4.25. The Kier molecular flexibility index (Phi) is 7.09. The van der Waals surface area contributed by atoms with Crippen LogP contribution in [-0.2, 0) is 20.7 Å². The molecule has 3 rings (SSSR count). The number of aryl methyl sites for hydroxylation is 1. The summed E-state index contributed by atoms with van der Waals surface area (Å²) >= 11 is 1.29. The van der Waals surface area contributed by atoms with Crippen molar-refractivity contribution in [3.8, 4) is 0 Å². The number of carbonyl (C=O) groups excluding carboxylic acids is 3. The van der Waals surface area contributed by atoms with Gasteiger partial charge in [-0.1, -0.05) is 36.4 Å². The molecule has 0 bridgehead atoms. The lowest BCUT2D eigenvalue weighted by Crippen LogP contribution is -2.39. The van der Waals surface area contributed by atoms with Gasteiger partial charge in [0.25, 0.3) is 5.91 Å². The Morgan fingerprint density at radius 1 is 1.14 bits per heavy atom. The molecule has 0 radical (unpaired) electrons. The lowest BCUT2D eigenvalue weighted by Gasteiger charge is -2.27. The quantitative estimate of drug-likeness (QED) is 0.548. The van der Waals surface area contributed by atoms with Gasteiger partial charge < -0.3 is 10.1 Å². The Labute approximate surface area is 175 Å². The Balaban J connectivity index is 1.63. The van der Waals surface area contributed by atoms with Crippen molar-refractivity contribution in [1.29, 1.82) is 0 Å². The van der Waals surface area contributed by atoms with Gasteiger partial charge >= 0.3 is 5.97 Å². The highest BCUT2D eigenvalue weighted by atomic mass is 32.2. The molecule has 1 aliphatic carbocycles. The molecule has 29 heavy (non-hydrogen) atoms. The summed E-state index contributed by atoms with van der Waals surface area (Å²) in [5.41, 5.74) is 2.75. The molecular weight excluding hydrogens is 386 g/mol. The molecule has 0 fully saturated rings. The first-order valence-corrected chi connectivity index (χ1v) is 10.7. The summed E-state index contributed by atoms with van der Waals surface area (Å²) in [7, 11) is 0. The highest BCUT2D eigenvalue weighted by Gasteiger charge is 2.26. The summed E-state index contributed by atoms with van der Waals surface area (Å²) in [6.07, 6.45) is 1.98. The zero-order valence-electron chi connectivity index (χ0n) is 16.6. The molecule has 0 aromatic heterocycles. The van der Waals surface area contributed by atoms with E-state index in [9.17, 15) is 14.4 Å². The average Bonchev–Trinajstić information content (AvgIpc) is 2.72. The molecule has 0 heterocycles. The number of thioether (sulfide) groups is 1. The van der Waals surface area contributed by atoms with Crippen molar-refractivity contribution in [3.63, 3.8) is 0 Å². The van der Waals surface area contributed by atoms with Gasteiger partial charge in [0, 0.05) is 4.90 Å². The van der Waals surface area contributed by atoms with Crippen LogP contribution in [0.25, 0.3) is 0 Å². The minimum absolute atomic E-state index is 0.0266. The number of carbonyl (C=O) groups is 3. The Bertz CT molecular complexity index is 911. The SMILES string of the molecule is CC(=O)CSc1ccccc1C(=O)O[C@H](C)C(=O)N[C@H]1CCCc2ccccc21. The van der Waals surface area contributed by atoms with Gasteiger partial charge in [-0.25, -0.2) is 4.79 Å². The molecule has 152 valence electrons. The van der Waals surface area contributed by atoms with E-state index < -0.39 is 12.1 Å². The maximum atomic E-state index is 12.6. The van der Waals surface area contributed by atoms with Gasteiger partial charge in [-0.15, -0.1) is 11.8 Å². The largest absolute Gasteiger partial charge is 0.449 e. The maximum Gasteiger partial charge on any atom is 0.340 e. The number of fused-ring (bicyclic) bond motifs is 1. The monoisotopic (exact) mass is 411 g/mol. The highest BCUT2D eigenvalue weighted by molar-refractivity contribution is 8.00. The van der Waals surface area contributed by atoms with Crippen molar-refractivity contribution < 1.29 is 19.1 Å². The van der Waals surface area contributed by atoms with E-state index in [4.69, 9.17) is 4.74 Å². The molecule has 0 aliphatic heterocycles. The summed E-state index contributed by atoms with van der Waals surface area (Å²) in [6, 6.07) is 15.0. The summed E-state index contributed by atoms with van der Waals surface area (Å²) in [5, 5.41) is 3.02. The molecule has 2 atom stereocenters. The van der Waals surface area contributed by atoms with Crippen LogP contribution in [0, 0.1) is 0 Å². The summed E-state index contributed by atoms with van der Waals surface area (Å²) in [4.78, 5) is 37.2. The molecular formula is C23H25NO4S. The van der Waals surface area contributed by atoms with Gasteiger partial charge in [-0.3, -0.25) is 9.59 Å². The van der Waals surface area contributed by atoms with Gasteiger partial charge in [0.15, 0.2) is 6.10 Å². The third-order valence-electron chi connectivity index (χ3n) is 4.88. The van der Waals surface area contributed by atoms with E-state index >= 15 is 0 Å². The molecule has 0 unspecified atom stereocenters. The Morgan fingerprint density at radius 3 is 2.66 bits per heavy atom. The number of benzene rings is 2. The standard InChI is InChI=1S/C23H25NO4S/c1-15(25)14-29-21-13-6-5-11-19(21)23(27)28-16(2)22(26)24-20-12-7-9-17-8-3-4-10-18(17)20/h3-6,8,10-11,13,16,20H,7,9,12,14H2,1-2H3,(H,24,26)/t16-,20+/m1/s1. The second-order valence-electron chi connectivity index (χ2n) is 7.19. The normalized spacial score (nSPS) is 16.4. The second-order valence-corrected chi connectivity index (χ2v) is 8.20. The van der Waals surface area contributed by atoms with Crippen LogP contribution in [0.2, 0.25) is 0 Å². The first-order valence-electron chi connectivity index (χ1n) is 9.76. The highest BCUT2D eigenvalue weighted by Crippen LogP contribution is 2.29. The predicted octanol–water partition coefficient (Wildman–Crippen LogP) is 4.11. The van der Waals surface area contributed by atoms with Crippen LogP contribution in [0.3, 0.4) is 0 Å². The third-order valence-corrected chi connectivity index (χ3v) is 6.09. The lowest BCUT2D eigenvalue weighted by atomic mass is 9.87. The van der Waals surface area contributed by atoms with Crippen LogP contribution in [0.4, 0.5) is 0 Å². The first kappa shape index (κ1) is 21.1. The fraction of sp³-hybridized carbons (Fsp3) is 0.348. The van der Waals surface area contributed by atoms with Gasteiger partial charge in [0.1, 0.15) is 5.78 Å². The molecule has 2 aromatic carbocycles. The van der Waals surface area contributed by atoms with Crippen molar-refractivity contribution in [1.82, 2.24) is 5.32 Å². The van der Waals surface area contributed by atoms with E-state index in [1.807, 2.05) is 18.2 Å². The Hall–Kier alpha value is -2.60. The van der Waals surface area contributed by atoms with Crippen molar-refractivity contribution >= 4 is 29.4 Å². The molecule has 1 amide bonds. The van der Waals surface area contributed by atoms with E-state index in [0.717, 1.165) is 24.8 Å². The first-order chi connectivity index (χ1) is 14.0. The van der Waals surface area contributed by atoms with Gasteiger partial charge in [0.2, 0.25) is 0 Å². The van der Waals surface area contributed by atoms with Gasteiger partial charge in [-0.05, 0) is 56.4 Å². The number of ketones is 1. The zero-order chi connectivity index (χ0) is 20.8. The number of amides is 1. The summed E-state index contributed by atoms with van der Waals surface area (Å²) < 4.78 is 5.43. The maximum absolute atomic E-state index is 12.6. The van der Waals surface area contributed by atoms with Crippen molar-refractivity contribution in [2.45, 2.75) is 50.2 Å². The van der Waals surface area contributed by atoms with E-state index in [0.29, 0.717) is 10.5 Å². The lowest BCUT2D eigenvalue weighted by molar-refractivity contribution is -0.130. The molecule has 2 aromatic rings. The zero-order valence-corrected chi connectivity index (χ0v) is 17.5. The predicted molar refractivity (Wildman–Crippen MR) is 113 cm³/mol. The Morgan fingerprint density at radius 2 is 1.86 bits per heavy atom. The second kappa shape index (κ2) is 9.74. The number of ether oxygens (including phenoxy) is 1. The van der Waals surface area contributed by atoms with Crippen molar-refractivity contribution in [3.05, 3.63) is 65.2 Å². The van der Waals surface area contributed by atoms with Crippen LogP contribution in [0.5, 0.6) is 0 Å². The molecule has 6 heteroatoms. The number of rotatable bonds is 7. The minimum Gasteiger partial charge on any atom is -0.449 e. The molecule has 0 saturated heterocycles. The van der Waals surface area contributed by atoms with E-state index in [1.165, 1.54) is 24.2 Å². The molecule has 0 saturated carbocycles. The van der Waals surface area contributed by atoms with Crippen molar-refractivity contribution in [2.75, 3.05) is 5.75 Å². The molecule has 1 N–H and O–H groups in total. The summed E-state index contributed by atoms with van der Waals surface area (Å²) in [5.74, 6) is -0.572. The van der Waals surface area contributed by atoms with Crippen LogP contribution in [0.15, 0.2) is 53.4 Å². The van der Waals surface area contributed by atoms with Crippen LogP contribution < -0.4 is 5.32 Å². The topological polar surface area (TPSA) is 72.5 Å². The fourth-order valence-electron chi connectivity index (χ4n) is 3.41. The van der Waals surface area contributed by atoms with E-state index in [-0.39, 0.29) is 23.5 Å². The minimum atomic E-state index is -0.914. The van der Waals surface area contributed by atoms with Gasteiger partial charge in [0.05, 0.1) is 17.4 Å². The van der Waals surface area contributed by atoms with Gasteiger partial charge in [-0.2, -0.15) is 0 Å². The molecule has 1 aliphatic rings. The summed E-state index contributed by atoms with van der Waals surface area (Å²) in [6.45, 7) is 3.08. The van der Waals surface area contributed by atoms with E-state index in [1.54, 1.807) is 31.2 Å². The number of hydrogen-bond donors (Lipinski definition) is 1. The van der Waals surface area contributed by atoms with Crippen molar-refractivity contribution in [2.24, 2.45) is 0 Å². The van der Waals surface area contributed by atoms with Crippen LogP contribution in [0.1, 0.15) is 54.2 Å². The number of nitrogens with one attached hydrogen (secondary N) is 1. The smallest absolute Gasteiger partial charge is 0.340 e. The average molecular weight is 412 g/mol. The molecule has 0 spiro atoms. The number of hydrogen-bond acceptors (Lipinski definition) is 5. The third kappa shape index (κ3) is 5.48. The number of esters is 1. The van der Waals surface area contributed by atoms with Crippen LogP contribution in [-0.4, -0.2) is 29.5 Å².